The van der Waals surface area contributed by atoms with Crippen LogP contribution < -0.4 is 0 Å². The second-order valence-corrected chi connectivity index (χ2v) is 4.63. The van der Waals surface area contributed by atoms with Crippen molar-refractivity contribution in [3.8, 4) is 0 Å². The molecule has 0 unspecified atom stereocenters. The summed E-state index contributed by atoms with van der Waals surface area (Å²) in [5, 5.41) is 9.33. The fraction of sp³-hybridized carbons (Fsp3) is 0.429. The van der Waals surface area contributed by atoms with Gasteiger partial charge in [-0.15, -0.1) is 0 Å². The number of hydrogen-bond acceptors (Lipinski definition) is 1. The van der Waals surface area contributed by atoms with E-state index in [-0.39, 0.29) is 12.6 Å². The van der Waals surface area contributed by atoms with Gasteiger partial charge in [-0.05, 0) is 13.0 Å². The van der Waals surface area contributed by atoms with Crippen LogP contribution in [0.4, 0.5) is 0 Å². The van der Waals surface area contributed by atoms with E-state index in [0.717, 1.165) is 17.6 Å². The Bertz CT molecular complexity index is 323. The maximum absolute atomic E-state index is 9.33. The first-order chi connectivity index (χ1) is 7.62. The predicted molar refractivity (Wildman–Crippen MR) is 67.9 cm³/mol. The van der Waals surface area contributed by atoms with Gasteiger partial charge in [0.1, 0.15) is 12.6 Å². The number of rotatable bonds is 6. The van der Waals surface area contributed by atoms with Crippen molar-refractivity contribution in [2.24, 2.45) is 0 Å². The first-order valence-corrected chi connectivity index (χ1v) is 5.72. The minimum absolute atomic E-state index is 0.206. The van der Waals surface area contributed by atoms with Gasteiger partial charge in [-0.3, -0.25) is 0 Å². The van der Waals surface area contributed by atoms with Gasteiger partial charge in [0.2, 0.25) is 0 Å². The van der Waals surface area contributed by atoms with Crippen molar-refractivity contribution in [1.82, 2.24) is 0 Å². The van der Waals surface area contributed by atoms with E-state index >= 15 is 0 Å². The molecule has 0 amide bonds. The van der Waals surface area contributed by atoms with Gasteiger partial charge in [-0.2, -0.15) is 0 Å². The summed E-state index contributed by atoms with van der Waals surface area (Å²) in [5.41, 5.74) is 1.30. The third-order valence-corrected chi connectivity index (χ3v) is 3.26. The largest absolute Gasteiger partial charge is 0.390 e. The number of aliphatic hydroxyl groups is 1. The summed E-state index contributed by atoms with van der Waals surface area (Å²) in [6.07, 6.45) is 1.93. The molecule has 2 nitrogen and oxygen atoms in total. The van der Waals surface area contributed by atoms with E-state index in [1.807, 2.05) is 12.1 Å². The van der Waals surface area contributed by atoms with Crippen LogP contribution in [0.25, 0.3) is 0 Å². The topological polar surface area (TPSA) is 20.2 Å². The van der Waals surface area contributed by atoms with Crippen LogP contribution in [-0.2, 0) is 6.54 Å². The highest BCUT2D eigenvalue weighted by molar-refractivity contribution is 5.13. The van der Waals surface area contributed by atoms with Crippen molar-refractivity contribution in [1.29, 1.82) is 0 Å². The number of nitrogens with zero attached hydrogens (tertiary/aromatic N) is 1. The molecule has 2 atom stereocenters. The summed E-state index contributed by atoms with van der Waals surface area (Å²) in [6.45, 7) is 7.88. The van der Waals surface area contributed by atoms with Gasteiger partial charge in [0.15, 0.2) is 0 Å². The summed E-state index contributed by atoms with van der Waals surface area (Å²) < 4.78 is 0.796. The molecule has 2 heteroatoms. The van der Waals surface area contributed by atoms with Gasteiger partial charge < -0.3 is 9.59 Å². The van der Waals surface area contributed by atoms with Gasteiger partial charge in [0.05, 0.1) is 20.2 Å². The molecule has 88 valence electrons. The molecule has 0 aliphatic carbocycles. The molecule has 1 rings (SSSR count). The normalized spacial score (nSPS) is 16.4. The van der Waals surface area contributed by atoms with Crippen molar-refractivity contribution >= 4 is 0 Å². The van der Waals surface area contributed by atoms with E-state index in [1.54, 1.807) is 0 Å². The Morgan fingerprint density at radius 2 is 2.00 bits per heavy atom. The van der Waals surface area contributed by atoms with Crippen LogP contribution in [-0.4, -0.2) is 35.8 Å². The van der Waals surface area contributed by atoms with E-state index in [2.05, 4.69) is 44.8 Å². The standard InChI is InChI=1S/C14H22NO/c1-4-10-15(3,13(2)12-16)11-14-8-6-5-7-9-14/h4-9,13,16H,1,10-12H2,2-3H3/q+1/t13-,15+/m0/s1. The maximum Gasteiger partial charge on any atom is 0.110 e. The third kappa shape index (κ3) is 3.19. The highest BCUT2D eigenvalue weighted by Crippen LogP contribution is 2.16. The highest BCUT2D eigenvalue weighted by Gasteiger charge is 2.27. The summed E-state index contributed by atoms with van der Waals surface area (Å²) in [4.78, 5) is 0. The number of benzene rings is 1. The van der Waals surface area contributed by atoms with Gasteiger partial charge >= 0.3 is 0 Å². The van der Waals surface area contributed by atoms with Crippen LogP contribution in [0.2, 0.25) is 0 Å². The van der Waals surface area contributed by atoms with Gasteiger partial charge in [-0.1, -0.05) is 36.9 Å². The fourth-order valence-electron chi connectivity index (χ4n) is 1.89. The number of quaternary nitrogens is 1. The minimum atomic E-state index is 0.206. The summed E-state index contributed by atoms with van der Waals surface area (Å²) in [6, 6.07) is 10.6. The molecule has 0 fully saturated rings. The Morgan fingerprint density at radius 3 is 2.50 bits per heavy atom. The van der Waals surface area contributed by atoms with E-state index in [4.69, 9.17) is 0 Å². The number of aliphatic hydroxyl groups excluding tert-OH is 1. The Kier molecular flexibility index (Phi) is 4.71. The monoisotopic (exact) mass is 220 g/mol. The number of likely N-dealkylation sites (N-methyl/N-ethyl adjacent to an activating group) is 1. The molecular formula is C14H22NO+. The number of hydrogen-bond donors (Lipinski definition) is 1. The molecule has 16 heavy (non-hydrogen) atoms. The molecule has 0 spiro atoms. The zero-order valence-corrected chi connectivity index (χ0v) is 10.3. The lowest BCUT2D eigenvalue weighted by Gasteiger charge is -2.38. The van der Waals surface area contributed by atoms with Crippen LogP contribution in [0.1, 0.15) is 12.5 Å². The van der Waals surface area contributed by atoms with E-state index in [0.29, 0.717) is 0 Å². The second-order valence-electron chi connectivity index (χ2n) is 4.63. The van der Waals surface area contributed by atoms with Crippen molar-refractivity contribution < 1.29 is 9.59 Å². The molecule has 1 N–H and O–H groups in total. The Hall–Kier alpha value is -1.12. The molecule has 0 saturated carbocycles. The van der Waals surface area contributed by atoms with E-state index in [9.17, 15) is 5.11 Å². The molecule has 0 heterocycles. The predicted octanol–water partition coefficient (Wildman–Crippen LogP) is 2.20. The maximum atomic E-state index is 9.33. The van der Waals surface area contributed by atoms with Crippen molar-refractivity contribution in [2.75, 3.05) is 20.2 Å². The van der Waals surface area contributed by atoms with Crippen molar-refractivity contribution in [3.05, 3.63) is 48.6 Å². The SMILES string of the molecule is C=CC[N@+](C)(Cc1ccccc1)[C@@H](C)CO. The lowest BCUT2D eigenvalue weighted by molar-refractivity contribution is -0.939. The van der Waals surface area contributed by atoms with Gasteiger partial charge in [-0.25, -0.2) is 0 Å². The Morgan fingerprint density at radius 1 is 1.38 bits per heavy atom. The van der Waals surface area contributed by atoms with Crippen LogP contribution in [0.3, 0.4) is 0 Å². The summed E-state index contributed by atoms with van der Waals surface area (Å²) >= 11 is 0. The van der Waals surface area contributed by atoms with Crippen LogP contribution in [0.15, 0.2) is 43.0 Å². The van der Waals surface area contributed by atoms with Crippen molar-refractivity contribution in [2.45, 2.75) is 19.5 Å². The van der Waals surface area contributed by atoms with E-state index in [1.165, 1.54) is 5.56 Å². The quantitative estimate of drug-likeness (QED) is 0.575. The second kappa shape index (κ2) is 5.83. The van der Waals surface area contributed by atoms with Crippen LogP contribution >= 0.6 is 0 Å². The van der Waals surface area contributed by atoms with Crippen molar-refractivity contribution in [3.63, 3.8) is 0 Å². The molecule has 0 saturated heterocycles. The molecule has 1 aromatic rings. The smallest absolute Gasteiger partial charge is 0.110 e. The lowest BCUT2D eigenvalue weighted by atomic mass is 10.1. The van der Waals surface area contributed by atoms with E-state index < -0.39 is 0 Å². The zero-order valence-electron chi connectivity index (χ0n) is 10.3. The first kappa shape index (κ1) is 12.9. The fourth-order valence-corrected chi connectivity index (χ4v) is 1.89. The Balaban J connectivity index is 2.82. The molecule has 0 radical (unpaired) electrons. The molecular weight excluding hydrogens is 198 g/mol. The molecule has 1 aromatic carbocycles. The van der Waals surface area contributed by atoms with Gasteiger partial charge in [0, 0.05) is 5.56 Å². The summed E-state index contributed by atoms with van der Waals surface area (Å²) in [5.74, 6) is 0. The third-order valence-electron chi connectivity index (χ3n) is 3.26. The zero-order chi connectivity index (χ0) is 12.0. The average Bonchev–Trinajstić information content (AvgIpc) is 2.29. The molecule has 0 aromatic heterocycles. The average molecular weight is 220 g/mol. The van der Waals surface area contributed by atoms with Crippen LogP contribution in [0.5, 0.6) is 0 Å². The molecule has 0 bridgehead atoms. The lowest BCUT2D eigenvalue weighted by Crippen LogP contribution is -2.51. The minimum Gasteiger partial charge on any atom is -0.390 e. The summed E-state index contributed by atoms with van der Waals surface area (Å²) in [7, 11) is 2.16. The molecule has 0 aliphatic heterocycles. The van der Waals surface area contributed by atoms with Gasteiger partial charge in [0.25, 0.3) is 0 Å². The molecule has 0 aliphatic rings. The van der Waals surface area contributed by atoms with Crippen LogP contribution in [0, 0.1) is 0 Å². The highest BCUT2D eigenvalue weighted by atomic mass is 16.3. The Labute approximate surface area is 98.4 Å². The first-order valence-electron chi connectivity index (χ1n) is 5.72.